The maximum absolute atomic E-state index is 12.0. The second-order valence-electron chi connectivity index (χ2n) is 5.83. The van der Waals surface area contributed by atoms with Crippen molar-refractivity contribution in [1.29, 1.82) is 0 Å². The molecule has 1 amide bonds. The van der Waals surface area contributed by atoms with Gasteiger partial charge in [0.25, 0.3) is 5.91 Å². The quantitative estimate of drug-likeness (QED) is 0.531. The molecule has 0 aliphatic carbocycles. The van der Waals surface area contributed by atoms with Crippen LogP contribution in [-0.2, 0) is 14.3 Å². The molecule has 3 aromatic rings. The van der Waals surface area contributed by atoms with Gasteiger partial charge in [0, 0.05) is 11.8 Å². The number of esters is 1. The first-order valence-corrected chi connectivity index (χ1v) is 8.41. The molecule has 0 aliphatic rings. The first-order valence-electron chi connectivity index (χ1n) is 8.41. The van der Waals surface area contributed by atoms with Crippen LogP contribution in [0.15, 0.2) is 72.8 Å². The molecular weight excluding hydrogens is 342 g/mol. The minimum Gasteiger partial charge on any atom is -0.497 e. The maximum Gasteiger partial charge on any atom is 0.331 e. The van der Waals surface area contributed by atoms with E-state index < -0.39 is 11.9 Å². The van der Waals surface area contributed by atoms with Gasteiger partial charge in [0.15, 0.2) is 6.61 Å². The number of anilines is 1. The van der Waals surface area contributed by atoms with E-state index in [2.05, 4.69) is 5.32 Å². The van der Waals surface area contributed by atoms with Crippen LogP contribution in [0.2, 0.25) is 0 Å². The smallest absolute Gasteiger partial charge is 0.331 e. The predicted molar refractivity (Wildman–Crippen MR) is 106 cm³/mol. The van der Waals surface area contributed by atoms with E-state index in [9.17, 15) is 9.59 Å². The first kappa shape index (κ1) is 18.2. The Hall–Kier alpha value is -3.60. The summed E-state index contributed by atoms with van der Waals surface area (Å²) >= 11 is 0. The number of fused-ring (bicyclic) bond motifs is 1. The number of hydrogen-bond acceptors (Lipinski definition) is 4. The van der Waals surface area contributed by atoms with E-state index in [1.807, 2.05) is 60.7 Å². The number of carbonyl (C=O) groups excluding carboxylic acids is 2. The van der Waals surface area contributed by atoms with Crippen LogP contribution in [-0.4, -0.2) is 25.6 Å². The molecule has 5 heteroatoms. The molecule has 0 fully saturated rings. The second-order valence-corrected chi connectivity index (χ2v) is 5.83. The Balaban J connectivity index is 1.51. The minimum absolute atomic E-state index is 0.353. The number of carbonyl (C=O) groups is 2. The Kier molecular flexibility index (Phi) is 5.84. The molecule has 3 aromatic carbocycles. The lowest BCUT2D eigenvalue weighted by Gasteiger charge is -2.07. The molecular formula is C22H19NO4. The van der Waals surface area contributed by atoms with Gasteiger partial charge in [0.05, 0.1) is 7.11 Å². The van der Waals surface area contributed by atoms with Gasteiger partial charge in [-0.1, -0.05) is 42.5 Å². The highest BCUT2D eigenvalue weighted by Gasteiger charge is 2.06. The maximum atomic E-state index is 12.0. The van der Waals surface area contributed by atoms with Crippen molar-refractivity contribution in [2.45, 2.75) is 0 Å². The SMILES string of the molecule is COc1cccc(/C=C/C(=O)OCC(=O)Nc2ccc3ccccc3c2)c1. The van der Waals surface area contributed by atoms with Gasteiger partial charge < -0.3 is 14.8 Å². The monoisotopic (exact) mass is 361 g/mol. The van der Waals surface area contributed by atoms with E-state index >= 15 is 0 Å². The first-order chi connectivity index (χ1) is 13.1. The zero-order chi connectivity index (χ0) is 19.1. The molecule has 0 spiro atoms. The molecule has 1 N–H and O–H groups in total. The normalized spacial score (nSPS) is 10.7. The van der Waals surface area contributed by atoms with Gasteiger partial charge in [-0.25, -0.2) is 4.79 Å². The lowest BCUT2D eigenvalue weighted by Crippen LogP contribution is -2.20. The predicted octanol–water partition coefficient (Wildman–Crippen LogP) is 4.04. The fourth-order valence-electron chi connectivity index (χ4n) is 2.56. The number of nitrogens with one attached hydrogen (secondary N) is 1. The number of hydrogen-bond donors (Lipinski definition) is 1. The molecule has 5 nitrogen and oxygen atoms in total. The van der Waals surface area contributed by atoms with Gasteiger partial charge in [-0.05, 0) is 46.7 Å². The summed E-state index contributed by atoms with van der Waals surface area (Å²) in [5.74, 6) is -0.292. The van der Waals surface area contributed by atoms with E-state index in [4.69, 9.17) is 9.47 Å². The van der Waals surface area contributed by atoms with Crippen molar-refractivity contribution >= 4 is 34.4 Å². The molecule has 0 saturated heterocycles. The van der Waals surface area contributed by atoms with Crippen molar-refractivity contribution in [3.05, 3.63) is 78.4 Å². The third-order valence-electron chi connectivity index (χ3n) is 3.88. The summed E-state index contributed by atoms with van der Waals surface area (Å²) in [7, 11) is 1.57. The van der Waals surface area contributed by atoms with Crippen molar-refractivity contribution in [2.24, 2.45) is 0 Å². The van der Waals surface area contributed by atoms with Crippen LogP contribution >= 0.6 is 0 Å². The van der Waals surface area contributed by atoms with E-state index in [1.54, 1.807) is 19.3 Å². The molecule has 0 unspecified atom stereocenters. The summed E-state index contributed by atoms with van der Waals surface area (Å²) in [6.07, 6.45) is 2.88. The summed E-state index contributed by atoms with van der Waals surface area (Å²) in [6.45, 7) is -0.353. The van der Waals surface area contributed by atoms with Crippen LogP contribution in [0.3, 0.4) is 0 Å². The molecule has 27 heavy (non-hydrogen) atoms. The van der Waals surface area contributed by atoms with Crippen LogP contribution in [0.25, 0.3) is 16.8 Å². The van der Waals surface area contributed by atoms with Crippen LogP contribution in [0.5, 0.6) is 5.75 Å². The Morgan fingerprint density at radius 2 is 1.78 bits per heavy atom. The average molecular weight is 361 g/mol. The van der Waals surface area contributed by atoms with Gasteiger partial charge in [-0.3, -0.25) is 4.79 Å². The highest BCUT2D eigenvalue weighted by molar-refractivity contribution is 5.96. The zero-order valence-electron chi connectivity index (χ0n) is 14.8. The largest absolute Gasteiger partial charge is 0.497 e. The summed E-state index contributed by atoms with van der Waals surface area (Å²) < 4.78 is 10.1. The fourth-order valence-corrected chi connectivity index (χ4v) is 2.56. The molecule has 0 aliphatic heterocycles. The van der Waals surface area contributed by atoms with Crippen molar-refractivity contribution < 1.29 is 19.1 Å². The van der Waals surface area contributed by atoms with Gasteiger partial charge in [0.2, 0.25) is 0 Å². The molecule has 0 saturated carbocycles. The summed E-state index contributed by atoms with van der Waals surface area (Å²) in [4.78, 5) is 23.8. The van der Waals surface area contributed by atoms with Crippen molar-refractivity contribution in [3.8, 4) is 5.75 Å². The van der Waals surface area contributed by atoms with E-state index in [0.717, 1.165) is 16.3 Å². The van der Waals surface area contributed by atoms with Gasteiger partial charge >= 0.3 is 5.97 Å². The van der Waals surface area contributed by atoms with Crippen LogP contribution in [0, 0.1) is 0 Å². The number of amides is 1. The van der Waals surface area contributed by atoms with Crippen LogP contribution in [0.4, 0.5) is 5.69 Å². The topological polar surface area (TPSA) is 64.6 Å². The third-order valence-corrected chi connectivity index (χ3v) is 3.88. The minimum atomic E-state index is -0.591. The van der Waals surface area contributed by atoms with Crippen LogP contribution in [0.1, 0.15) is 5.56 Å². The van der Waals surface area contributed by atoms with Crippen molar-refractivity contribution in [2.75, 3.05) is 19.0 Å². The standard InChI is InChI=1S/C22H19NO4/c1-26-20-8-4-5-16(13-20)9-12-22(25)27-15-21(24)23-19-11-10-17-6-2-3-7-18(17)14-19/h2-14H,15H2,1H3,(H,23,24)/b12-9+. The van der Waals surface area contributed by atoms with E-state index in [0.29, 0.717) is 11.4 Å². The lowest BCUT2D eigenvalue weighted by atomic mass is 10.1. The highest BCUT2D eigenvalue weighted by Crippen LogP contribution is 2.18. The molecule has 0 bridgehead atoms. The Morgan fingerprint density at radius 3 is 2.59 bits per heavy atom. The summed E-state index contributed by atoms with van der Waals surface area (Å²) in [5, 5.41) is 4.83. The third kappa shape index (κ3) is 5.19. The fraction of sp³-hybridized carbons (Fsp3) is 0.0909. The van der Waals surface area contributed by atoms with Crippen LogP contribution < -0.4 is 10.1 Å². The molecule has 3 rings (SSSR count). The molecule has 0 radical (unpaired) electrons. The Bertz CT molecular complexity index is 994. The van der Waals surface area contributed by atoms with Gasteiger partial charge in [0.1, 0.15) is 5.75 Å². The Labute approximate surface area is 157 Å². The zero-order valence-corrected chi connectivity index (χ0v) is 14.8. The lowest BCUT2D eigenvalue weighted by molar-refractivity contribution is -0.142. The number of rotatable bonds is 6. The summed E-state index contributed by atoms with van der Waals surface area (Å²) in [5.41, 5.74) is 1.45. The molecule has 0 aromatic heterocycles. The average Bonchev–Trinajstić information content (AvgIpc) is 2.71. The highest BCUT2D eigenvalue weighted by atomic mass is 16.5. The molecule has 0 heterocycles. The number of benzene rings is 3. The number of methoxy groups -OCH3 is 1. The van der Waals surface area contributed by atoms with Crippen molar-refractivity contribution in [3.63, 3.8) is 0 Å². The number of ether oxygens (including phenoxy) is 2. The Morgan fingerprint density at radius 1 is 0.963 bits per heavy atom. The van der Waals surface area contributed by atoms with E-state index in [-0.39, 0.29) is 6.61 Å². The molecule has 0 atom stereocenters. The van der Waals surface area contributed by atoms with Crippen molar-refractivity contribution in [1.82, 2.24) is 0 Å². The molecule has 136 valence electrons. The summed E-state index contributed by atoms with van der Waals surface area (Å²) in [6, 6.07) is 20.7. The second kappa shape index (κ2) is 8.67. The van der Waals surface area contributed by atoms with Gasteiger partial charge in [-0.2, -0.15) is 0 Å². The van der Waals surface area contributed by atoms with Gasteiger partial charge in [-0.15, -0.1) is 0 Å². The van der Waals surface area contributed by atoms with E-state index in [1.165, 1.54) is 6.08 Å².